The van der Waals surface area contributed by atoms with E-state index < -0.39 is 15.6 Å². The van der Waals surface area contributed by atoms with Gasteiger partial charge in [-0.05, 0) is 26.7 Å². The van der Waals surface area contributed by atoms with Crippen molar-refractivity contribution < 1.29 is 13.2 Å². The number of nitrogens with one attached hydrogen (secondary N) is 2. The van der Waals surface area contributed by atoms with Crippen LogP contribution >= 0.6 is 12.4 Å². The van der Waals surface area contributed by atoms with E-state index in [9.17, 15) is 13.2 Å². The van der Waals surface area contributed by atoms with E-state index in [1.165, 1.54) is 0 Å². The maximum Gasteiger partial charge on any atom is 0.239 e. The molecule has 0 aliphatic heterocycles. The Kier molecular flexibility index (Phi) is 10.5. The predicted molar refractivity (Wildman–Crippen MR) is 79.8 cm³/mol. The van der Waals surface area contributed by atoms with Gasteiger partial charge in [-0.25, -0.2) is 13.1 Å². The summed E-state index contributed by atoms with van der Waals surface area (Å²) in [7, 11) is -3.14. The molecule has 0 aromatic heterocycles. The molecule has 0 saturated carbocycles. The molecule has 1 amide bonds. The predicted octanol–water partition coefficient (Wildman–Crippen LogP) is 0.371. The molecule has 1 unspecified atom stereocenters. The van der Waals surface area contributed by atoms with E-state index in [2.05, 4.69) is 10.0 Å². The van der Waals surface area contributed by atoms with Crippen molar-refractivity contribution >= 4 is 28.3 Å². The van der Waals surface area contributed by atoms with Crippen LogP contribution in [0.4, 0.5) is 0 Å². The zero-order valence-electron chi connectivity index (χ0n) is 11.9. The van der Waals surface area contributed by atoms with Gasteiger partial charge in [-0.2, -0.15) is 0 Å². The lowest BCUT2D eigenvalue weighted by molar-refractivity contribution is -0.126. The first-order valence-corrected chi connectivity index (χ1v) is 7.95. The van der Waals surface area contributed by atoms with E-state index in [1.807, 2.05) is 6.92 Å². The summed E-state index contributed by atoms with van der Waals surface area (Å²) in [5.41, 5.74) is 5.00. The van der Waals surface area contributed by atoms with Crippen molar-refractivity contribution in [3.63, 3.8) is 0 Å². The van der Waals surface area contributed by atoms with Crippen LogP contribution in [0.1, 0.15) is 40.0 Å². The van der Waals surface area contributed by atoms with Crippen LogP contribution in [0.25, 0.3) is 0 Å². The van der Waals surface area contributed by atoms with Gasteiger partial charge in [0, 0.05) is 13.1 Å². The number of rotatable bonds is 9. The number of carbonyl (C=O) groups excluding carboxylic acids is 1. The standard InChI is InChI=1S/C11H25N3O3S.ClH/c1-4-7-11(3,12)10(15)13-8-6-9-14-18(16,17)5-2;/h14H,4-9,12H2,1-3H3,(H,13,15);1H. The third-order valence-corrected chi connectivity index (χ3v) is 4.03. The van der Waals surface area contributed by atoms with Crippen molar-refractivity contribution in [2.45, 2.75) is 45.6 Å². The zero-order valence-corrected chi connectivity index (χ0v) is 13.5. The Hall–Kier alpha value is -0.370. The molecule has 0 fully saturated rings. The highest BCUT2D eigenvalue weighted by Gasteiger charge is 2.26. The number of sulfonamides is 1. The summed E-state index contributed by atoms with van der Waals surface area (Å²) >= 11 is 0. The Balaban J connectivity index is 0. The highest BCUT2D eigenvalue weighted by molar-refractivity contribution is 7.89. The van der Waals surface area contributed by atoms with Crippen molar-refractivity contribution in [1.82, 2.24) is 10.0 Å². The van der Waals surface area contributed by atoms with Crippen LogP contribution in [0.5, 0.6) is 0 Å². The smallest absolute Gasteiger partial charge is 0.239 e. The van der Waals surface area contributed by atoms with Gasteiger partial charge < -0.3 is 11.1 Å². The quantitative estimate of drug-likeness (QED) is 0.535. The third-order valence-electron chi connectivity index (χ3n) is 2.63. The fourth-order valence-electron chi connectivity index (χ4n) is 1.45. The van der Waals surface area contributed by atoms with E-state index in [-0.39, 0.29) is 24.1 Å². The third kappa shape index (κ3) is 9.21. The number of halogens is 1. The Morgan fingerprint density at radius 3 is 2.32 bits per heavy atom. The van der Waals surface area contributed by atoms with Gasteiger partial charge in [0.2, 0.25) is 15.9 Å². The van der Waals surface area contributed by atoms with Crippen LogP contribution in [0.2, 0.25) is 0 Å². The number of carbonyl (C=O) groups is 1. The normalized spacial score (nSPS) is 14.3. The maximum atomic E-state index is 11.7. The van der Waals surface area contributed by atoms with Crippen LogP contribution in [0, 0.1) is 0 Å². The van der Waals surface area contributed by atoms with Crippen molar-refractivity contribution in [1.29, 1.82) is 0 Å². The van der Waals surface area contributed by atoms with E-state index >= 15 is 0 Å². The molecule has 4 N–H and O–H groups in total. The molecular formula is C11H26ClN3O3S. The fraction of sp³-hybridized carbons (Fsp3) is 0.909. The Morgan fingerprint density at radius 2 is 1.84 bits per heavy atom. The van der Waals surface area contributed by atoms with Gasteiger partial charge in [-0.15, -0.1) is 12.4 Å². The number of hydrogen-bond donors (Lipinski definition) is 3. The van der Waals surface area contributed by atoms with Crippen LogP contribution in [-0.2, 0) is 14.8 Å². The number of hydrogen-bond acceptors (Lipinski definition) is 4. The molecule has 0 spiro atoms. The van der Waals surface area contributed by atoms with Crippen LogP contribution in [0.15, 0.2) is 0 Å². The molecule has 116 valence electrons. The lowest BCUT2D eigenvalue weighted by Gasteiger charge is -2.22. The fourth-order valence-corrected chi connectivity index (χ4v) is 2.11. The minimum absolute atomic E-state index is 0. The number of nitrogens with two attached hydrogens (primary N) is 1. The minimum Gasteiger partial charge on any atom is -0.354 e. The summed E-state index contributed by atoms with van der Waals surface area (Å²) in [6.07, 6.45) is 2.02. The van der Waals surface area contributed by atoms with E-state index in [4.69, 9.17) is 5.73 Å². The molecule has 8 heteroatoms. The van der Waals surface area contributed by atoms with Crippen LogP contribution in [0.3, 0.4) is 0 Å². The van der Waals surface area contributed by atoms with Gasteiger partial charge in [-0.3, -0.25) is 4.79 Å². The molecule has 0 aliphatic rings. The summed E-state index contributed by atoms with van der Waals surface area (Å²) in [5, 5.41) is 2.71. The molecule has 0 aromatic carbocycles. The summed E-state index contributed by atoms with van der Waals surface area (Å²) in [6, 6.07) is 0. The van der Waals surface area contributed by atoms with Crippen LogP contribution in [-0.4, -0.2) is 38.7 Å². The molecule has 0 bridgehead atoms. The highest BCUT2D eigenvalue weighted by Crippen LogP contribution is 2.07. The topological polar surface area (TPSA) is 101 Å². The highest BCUT2D eigenvalue weighted by atomic mass is 35.5. The maximum absolute atomic E-state index is 11.7. The minimum atomic E-state index is -3.14. The largest absolute Gasteiger partial charge is 0.354 e. The summed E-state index contributed by atoms with van der Waals surface area (Å²) in [6.45, 7) is 5.99. The Labute approximate surface area is 122 Å². The van der Waals surface area contributed by atoms with Gasteiger partial charge in [0.1, 0.15) is 0 Å². The summed E-state index contributed by atoms with van der Waals surface area (Å²) < 4.78 is 24.7. The van der Waals surface area contributed by atoms with Crippen molar-refractivity contribution in [3.05, 3.63) is 0 Å². The lowest BCUT2D eigenvalue weighted by Crippen LogP contribution is -2.51. The zero-order chi connectivity index (χ0) is 14.2. The van der Waals surface area contributed by atoms with E-state index in [1.54, 1.807) is 13.8 Å². The van der Waals surface area contributed by atoms with Crippen molar-refractivity contribution in [3.8, 4) is 0 Å². The first-order chi connectivity index (χ1) is 8.25. The molecule has 6 nitrogen and oxygen atoms in total. The Morgan fingerprint density at radius 1 is 1.26 bits per heavy atom. The second-order valence-electron chi connectivity index (χ2n) is 4.57. The monoisotopic (exact) mass is 315 g/mol. The lowest BCUT2D eigenvalue weighted by atomic mass is 9.96. The number of amides is 1. The molecular weight excluding hydrogens is 290 g/mol. The van der Waals surface area contributed by atoms with E-state index in [0.29, 0.717) is 25.9 Å². The molecule has 0 saturated heterocycles. The second-order valence-corrected chi connectivity index (χ2v) is 6.67. The van der Waals surface area contributed by atoms with Crippen LogP contribution < -0.4 is 15.8 Å². The average Bonchev–Trinajstić information content (AvgIpc) is 2.28. The van der Waals surface area contributed by atoms with Crippen molar-refractivity contribution in [2.75, 3.05) is 18.8 Å². The van der Waals surface area contributed by atoms with Gasteiger partial charge in [0.05, 0.1) is 11.3 Å². The average molecular weight is 316 g/mol. The van der Waals surface area contributed by atoms with Gasteiger partial charge in [0.15, 0.2) is 0 Å². The van der Waals surface area contributed by atoms with E-state index in [0.717, 1.165) is 6.42 Å². The summed E-state index contributed by atoms with van der Waals surface area (Å²) in [5.74, 6) is -0.126. The molecule has 0 aliphatic carbocycles. The molecule has 0 radical (unpaired) electrons. The van der Waals surface area contributed by atoms with Gasteiger partial charge in [0.25, 0.3) is 0 Å². The van der Waals surface area contributed by atoms with Crippen molar-refractivity contribution in [2.24, 2.45) is 5.73 Å². The molecule has 0 aromatic rings. The molecule has 0 rings (SSSR count). The first-order valence-electron chi connectivity index (χ1n) is 6.29. The SMILES string of the molecule is CCCC(C)(N)C(=O)NCCCNS(=O)(=O)CC.Cl. The summed E-state index contributed by atoms with van der Waals surface area (Å²) in [4.78, 5) is 11.7. The molecule has 0 heterocycles. The van der Waals surface area contributed by atoms with Gasteiger partial charge >= 0.3 is 0 Å². The Bertz CT molecular complexity index is 358. The molecule has 19 heavy (non-hydrogen) atoms. The first kappa shape index (κ1) is 20.9. The van der Waals surface area contributed by atoms with Gasteiger partial charge in [-0.1, -0.05) is 13.3 Å². The molecule has 1 atom stereocenters. The second kappa shape index (κ2) is 9.52.